The molecule has 1 aliphatic carbocycles. The number of carboxylic acid groups (broad SMARTS) is 2. The summed E-state index contributed by atoms with van der Waals surface area (Å²) in [6.45, 7) is 6.67. The molecule has 1 aromatic carbocycles. The second-order valence-corrected chi connectivity index (χ2v) is 7.75. The Hall–Kier alpha value is -2.90. The van der Waals surface area contributed by atoms with Gasteiger partial charge in [-0.15, -0.1) is 0 Å². The van der Waals surface area contributed by atoms with Crippen LogP contribution in [-0.4, -0.2) is 45.9 Å². The van der Waals surface area contributed by atoms with Gasteiger partial charge in [0.2, 0.25) is 0 Å². The van der Waals surface area contributed by atoms with Crippen molar-refractivity contribution in [3.8, 4) is 11.5 Å². The van der Waals surface area contributed by atoms with Gasteiger partial charge < -0.3 is 19.7 Å². The van der Waals surface area contributed by atoms with Gasteiger partial charge in [-0.2, -0.15) is 0 Å². The predicted octanol–water partition coefficient (Wildman–Crippen LogP) is 3.21. The number of rotatable bonds is 8. The zero-order valence-electron chi connectivity index (χ0n) is 16.9. The van der Waals surface area contributed by atoms with Gasteiger partial charge >= 0.3 is 11.9 Å². The number of Topliss-reactive ketones (excluding diaryl/α,β-unsaturated/α-hetero) is 2. The number of ketones is 2. The van der Waals surface area contributed by atoms with Crippen molar-refractivity contribution in [1.82, 2.24) is 0 Å². The third-order valence-electron chi connectivity index (χ3n) is 4.70. The highest BCUT2D eigenvalue weighted by molar-refractivity contribution is 6.13. The maximum Gasteiger partial charge on any atom is 0.345 e. The molecule has 0 radical (unpaired) electrons. The molecule has 1 aliphatic rings. The number of hydrogen-bond acceptors (Lipinski definition) is 6. The Bertz CT molecular complexity index is 757. The van der Waals surface area contributed by atoms with E-state index in [2.05, 4.69) is 0 Å². The number of benzene rings is 1. The Morgan fingerprint density at radius 2 is 1.14 bits per heavy atom. The van der Waals surface area contributed by atoms with Gasteiger partial charge in [-0.05, 0) is 18.6 Å². The quantitative estimate of drug-likeness (QED) is 0.630. The monoisotopic (exact) mass is 406 g/mol. The molecule has 0 aromatic heterocycles. The smallest absolute Gasteiger partial charge is 0.345 e. The Morgan fingerprint density at radius 1 is 0.793 bits per heavy atom. The largest absolute Gasteiger partial charge is 0.478 e. The summed E-state index contributed by atoms with van der Waals surface area (Å²) in [4.78, 5) is 48.5. The number of carbonyl (C=O) groups is 4. The molecule has 8 heteroatoms. The molecule has 0 amide bonds. The molecular weight excluding hydrogens is 380 g/mol. The molecule has 2 atom stereocenters. The third-order valence-corrected chi connectivity index (χ3v) is 4.70. The van der Waals surface area contributed by atoms with Crippen molar-refractivity contribution in [2.75, 3.05) is 0 Å². The van der Waals surface area contributed by atoms with Crippen LogP contribution in [0.15, 0.2) is 12.1 Å². The normalized spacial score (nSPS) is 16.2. The molecule has 158 valence electrons. The van der Waals surface area contributed by atoms with E-state index in [-0.39, 0.29) is 58.9 Å². The first kappa shape index (κ1) is 22.4. The average molecular weight is 406 g/mol. The van der Waals surface area contributed by atoms with Crippen molar-refractivity contribution in [3.63, 3.8) is 0 Å². The van der Waals surface area contributed by atoms with Crippen molar-refractivity contribution in [3.05, 3.63) is 23.3 Å². The fourth-order valence-electron chi connectivity index (χ4n) is 3.19. The predicted molar refractivity (Wildman–Crippen MR) is 103 cm³/mol. The molecule has 2 unspecified atom stereocenters. The molecule has 0 aliphatic heterocycles. The lowest BCUT2D eigenvalue weighted by atomic mass is 9.98. The van der Waals surface area contributed by atoms with Gasteiger partial charge in [-0.25, -0.2) is 9.59 Å². The highest BCUT2D eigenvalue weighted by atomic mass is 16.5. The Kier molecular flexibility index (Phi) is 7.00. The summed E-state index contributed by atoms with van der Waals surface area (Å²) in [5.41, 5.74) is -0.0745. The van der Waals surface area contributed by atoms with Crippen LogP contribution < -0.4 is 9.47 Å². The molecule has 8 nitrogen and oxygen atoms in total. The van der Waals surface area contributed by atoms with Crippen LogP contribution in [0, 0.1) is 11.8 Å². The minimum atomic E-state index is -1.21. The fraction of sp³-hybridized carbons (Fsp3) is 0.524. The zero-order chi connectivity index (χ0) is 21.9. The van der Waals surface area contributed by atoms with E-state index in [4.69, 9.17) is 9.47 Å². The average Bonchev–Trinajstić information content (AvgIpc) is 2.76. The Morgan fingerprint density at radius 3 is 1.41 bits per heavy atom. The molecule has 0 heterocycles. The molecule has 0 spiro atoms. The Labute approximate surface area is 168 Å². The summed E-state index contributed by atoms with van der Waals surface area (Å²) in [6, 6.07) is 2.73. The van der Waals surface area contributed by atoms with Crippen molar-refractivity contribution < 1.29 is 38.9 Å². The van der Waals surface area contributed by atoms with Crippen LogP contribution in [-0.2, 0) is 9.59 Å². The molecule has 0 saturated carbocycles. The maximum atomic E-state index is 12.7. The van der Waals surface area contributed by atoms with E-state index in [0.717, 1.165) is 0 Å². The zero-order valence-corrected chi connectivity index (χ0v) is 16.9. The van der Waals surface area contributed by atoms with E-state index < -0.39 is 24.1 Å². The highest BCUT2D eigenvalue weighted by Gasteiger charge is 2.34. The lowest BCUT2D eigenvalue weighted by Crippen LogP contribution is -2.34. The van der Waals surface area contributed by atoms with Crippen LogP contribution in [0.4, 0.5) is 0 Å². The molecule has 1 aromatic rings. The second kappa shape index (κ2) is 9.07. The van der Waals surface area contributed by atoms with Crippen LogP contribution in [0.3, 0.4) is 0 Å². The van der Waals surface area contributed by atoms with Gasteiger partial charge in [0.25, 0.3) is 0 Å². The Balaban J connectivity index is 2.61. The van der Waals surface area contributed by atoms with Crippen LogP contribution >= 0.6 is 0 Å². The van der Waals surface area contributed by atoms with Crippen molar-refractivity contribution in [2.24, 2.45) is 11.8 Å². The summed E-state index contributed by atoms with van der Waals surface area (Å²) in [5, 5.41) is 18.8. The maximum absolute atomic E-state index is 12.7. The minimum Gasteiger partial charge on any atom is -0.478 e. The van der Waals surface area contributed by atoms with Crippen LogP contribution in [0.1, 0.15) is 67.7 Å². The van der Waals surface area contributed by atoms with Gasteiger partial charge in [-0.3, -0.25) is 9.59 Å². The molecule has 2 N–H and O–H groups in total. The van der Waals surface area contributed by atoms with Crippen molar-refractivity contribution >= 4 is 23.5 Å². The number of carbonyl (C=O) groups excluding carboxylic acids is 2. The summed E-state index contributed by atoms with van der Waals surface area (Å²) < 4.78 is 11.2. The summed E-state index contributed by atoms with van der Waals surface area (Å²) in [6.07, 6.45) is -1.88. The molecule has 0 bridgehead atoms. The minimum absolute atomic E-state index is 0.00915. The standard InChI is InChI=1S/C21H26O8/c1-10(2)18(20(24)25)28-14-8-9-15(29-19(11(3)4)21(26)27)17-13(23)7-5-6-12(22)16(14)17/h8-11,18-19H,5-7H2,1-4H3,(H,24,25)(H,26,27). The van der Waals surface area contributed by atoms with E-state index in [9.17, 15) is 29.4 Å². The van der Waals surface area contributed by atoms with Gasteiger partial charge in [0.05, 0.1) is 11.1 Å². The van der Waals surface area contributed by atoms with Crippen molar-refractivity contribution in [2.45, 2.75) is 59.2 Å². The van der Waals surface area contributed by atoms with E-state index >= 15 is 0 Å². The topological polar surface area (TPSA) is 127 Å². The second-order valence-electron chi connectivity index (χ2n) is 7.75. The third kappa shape index (κ3) is 4.93. The van der Waals surface area contributed by atoms with E-state index in [0.29, 0.717) is 6.42 Å². The summed E-state index contributed by atoms with van der Waals surface area (Å²) in [7, 11) is 0. The van der Waals surface area contributed by atoms with E-state index in [1.807, 2.05) is 0 Å². The van der Waals surface area contributed by atoms with Gasteiger partial charge in [-0.1, -0.05) is 27.7 Å². The molecule has 29 heavy (non-hydrogen) atoms. The first-order valence-electron chi connectivity index (χ1n) is 9.56. The fourth-order valence-corrected chi connectivity index (χ4v) is 3.19. The van der Waals surface area contributed by atoms with Gasteiger partial charge in [0.15, 0.2) is 23.8 Å². The molecule has 0 saturated heterocycles. The van der Waals surface area contributed by atoms with Crippen LogP contribution in [0.2, 0.25) is 0 Å². The molecule has 0 fully saturated rings. The molecular formula is C21H26O8. The van der Waals surface area contributed by atoms with E-state index in [1.54, 1.807) is 27.7 Å². The van der Waals surface area contributed by atoms with Crippen LogP contribution in [0.5, 0.6) is 11.5 Å². The first-order chi connectivity index (χ1) is 13.5. The number of aliphatic carboxylic acids is 2. The lowest BCUT2D eigenvalue weighted by molar-refractivity contribution is -0.148. The summed E-state index contributed by atoms with van der Waals surface area (Å²) >= 11 is 0. The van der Waals surface area contributed by atoms with E-state index in [1.165, 1.54) is 12.1 Å². The van der Waals surface area contributed by atoms with Crippen LogP contribution in [0.25, 0.3) is 0 Å². The number of ether oxygens (including phenoxy) is 2. The number of fused-ring (bicyclic) bond motifs is 1. The van der Waals surface area contributed by atoms with Crippen molar-refractivity contribution in [1.29, 1.82) is 0 Å². The first-order valence-corrected chi connectivity index (χ1v) is 9.56. The SMILES string of the molecule is CC(C)C(Oc1ccc(OC(C(=O)O)C(C)C)c2c1C(=O)CCCC2=O)C(=O)O. The number of carboxylic acids is 2. The lowest BCUT2D eigenvalue weighted by Gasteiger charge is -2.24. The highest BCUT2D eigenvalue weighted by Crippen LogP contribution is 2.37. The van der Waals surface area contributed by atoms with Gasteiger partial charge in [0.1, 0.15) is 11.5 Å². The molecule has 2 rings (SSSR count). The summed E-state index contributed by atoms with van der Waals surface area (Å²) in [5.74, 6) is -3.89. The van der Waals surface area contributed by atoms with Gasteiger partial charge in [0, 0.05) is 24.7 Å². The number of hydrogen-bond donors (Lipinski definition) is 2.